The van der Waals surface area contributed by atoms with E-state index in [1.165, 1.54) is 4.68 Å². The predicted octanol–water partition coefficient (Wildman–Crippen LogP) is 2.69. The molecule has 6 nitrogen and oxygen atoms in total. The minimum Gasteiger partial charge on any atom is -0.335 e. The van der Waals surface area contributed by atoms with Crippen molar-refractivity contribution in [3.05, 3.63) is 39.9 Å². The second-order valence-electron chi connectivity index (χ2n) is 6.46. The van der Waals surface area contributed by atoms with Gasteiger partial charge in [0.2, 0.25) is 5.82 Å². The minimum atomic E-state index is -0.197. The van der Waals surface area contributed by atoms with Crippen LogP contribution in [-0.2, 0) is 0 Å². The maximum atomic E-state index is 12.7. The van der Waals surface area contributed by atoms with Crippen molar-refractivity contribution in [3.8, 4) is 5.69 Å². The van der Waals surface area contributed by atoms with Crippen molar-refractivity contribution in [3.63, 3.8) is 0 Å². The molecular weight excluding hydrogens is 349 g/mol. The molecule has 0 bridgehead atoms. The van der Waals surface area contributed by atoms with E-state index in [0.717, 1.165) is 6.42 Å². The zero-order chi connectivity index (χ0) is 17.5. The van der Waals surface area contributed by atoms with Gasteiger partial charge in [0.1, 0.15) is 11.5 Å². The Kier molecular flexibility index (Phi) is 4.55. The molecule has 1 aromatic carbocycles. The Hall–Kier alpha value is -1.63. The van der Waals surface area contributed by atoms with Crippen molar-refractivity contribution in [1.29, 1.82) is 0 Å². The summed E-state index contributed by atoms with van der Waals surface area (Å²) in [7, 11) is 0. The summed E-state index contributed by atoms with van der Waals surface area (Å²) in [5, 5.41) is 5.23. The summed E-state index contributed by atoms with van der Waals surface area (Å²) >= 11 is 12.5. The molecule has 1 aromatic heterocycles. The molecule has 1 atom stereocenters. The fourth-order valence-electron chi connectivity index (χ4n) is 2.89. The highest BCUT2D eigenvalue weighted by Gasteiger charge is 2.36. The number of nitrogens with zero attached hydrogens (tertiary/aromatic N) is 4. The van der Waals surface area contributed by atoms with Gasteiger partial charge in [0.05, 0.1) is 10.0 Å². The molecule has 0 radical (unpaired) electrons. The molecule has 1 fully saturated rings. The van der Waals surface area contributed by atoms with Gasteiger partial charge in [-0.1, -0.05) is 36.2 Å². The molecule has 8 heteroatoms. The second-order valence-corrected chi connectivity index (χ2v) is 7.27. The van der Waals surface area contributed by atoms with Crippen LogP contribution in [0.5, 0.6) is 0 Å². The summed E-state index contributed by atoms with van der Waals surface area (Å²) in [4.78, 5) is 18.7. The van der Waals surface area contributed by atoms with Crippen LogP contribution in [0.1, 0.15) is 29.8 Å². The van der Waals surface area contributed by atoms with E-state index in [4.69, 9.17) is 28.9 Å². The van der Waals surface area contributed by atoms with Gasteiger partial charge in [-0.2, -0.15) is 0 Å². The van der Waals surface area contributed by atoms with E-state index in [1.54, 1.807) is 30.0 Å². The summed E-state index contributed by atoms with van der Waals surface area (Å²) in [6.45, 7) is 5.67. The molecule has 2 heterocycles. The molecule has 0 spiro atoms. The van der Waals surface area contributed by atoms with Crippen molar-refractivity contribution in [2.45, 2.75) is 20.3 Å². The van der Waals surface area contributed by atoms with E-state index in [0.29, 0.717) is 41.2 Å². The Morgan fingerprint density at radius 3 is 2.62 bits per heavy atom. The van der Waals surface area contributed by atoms with Crippen molar-refractivity contribution < 1.29 is 4.79 Å². The lowest BCUT2D eigenvalue weighted by atomic mass is 9.90. The number of hydrogen-bond donors (Lipinski definition) is 1. The molecular formula is C16H19Cl2N5O. The number of hydrogen-bond acceptors (Lipinski definition) is 4. The fraction of sp³-hybridized carbons (Fsp3) is 0.438. The largest absolute Gasteiger partial charge is 0.335 e. The number of halogens is 2. The summed E-state index contributed by atoms with van der Waals surface area (Å²) < 4.78 is 1.51. The lowest BCUT2D eigenvalue weighted by Gasteiger charge is -2.21. The van der Waals surface area contributed by atoms with Crippen molar-refractivity contribution in [2.75, 3.05) is 19.6 Å². The van der Waals surface area contributed by atoms with Crippen LogP contribution in [0.3, 0.4) is 0 Å². The maximum Gasteiger partial charge on any atom is 0.293 e. The SMILES string of the molecule is Cc1nc(C(=O)N2CCC(C)(CN)C2)nn1-c1c(Cl)cccc1Cl. The first-order valence-corrected chi connectivity index (χ1v) is 8.48. The number of nitrogens with two attached hydrogens (primary N) is 1. The van der Waals surface area contributed by atoms with Crippen molar-refractivity contribution >= 4 is 29.1 Å². The van der Waals surface area contributed by atoms with Crippen LogP contribution in [0.2, 0.25) is 10.0 Å². The number of likely N-dealkylation sites (tertiary alicyclic amines) is 1. The number of aromatic nitrogens is 3. The van der Waals surface area contributed by atoms with Crippen LogP contribution in [0.25, 0.3) is 5.69 Å². The van der Waals surface area contributed by atoms with Gasteiger partial charge in [0, 0.05) is 13.1 Å². The van der Waals surface area contributed by atoms with Crippen molar-refractivity contribution in [2.24, 2.45) is 11.1 Å². The Bertz CT molecular complexity index is 771. The highest BCUT2D eigenvalue weighted by atomic mass is 35.5. The molecule has 0 saturated carbocycles. The minimum absolute atomic E-state index is 0.0423. The Balaban J connectivity index is 1.91. The highest BCUT2D eigenvalue weighted by Crippen LogP contribution is 2.30. The van der Waals surface area contributed by atoms with Gasteiger partial charge in [0.25, 0.3) is 5.91 Å². The van der Waals surface area contributed by atoms with E-state index in [1.807, 2.05) is 0 Å². The van der Waals surface area contributed by atoms with E-state index >= 15 is 0 Å². The molecule has 128 valence electrons. The zero-order valence-electron chi connectivity index (χ0n) is 13.6. The van der Waals surface area contributed by atoms with E-state index in [2.05, 4.69) is 17.0 Å². The summed E-state index contributed by atoms with van der Waals surface area (Å²) in [5.74, 6) is 0.496. The van der Waals surface area contributed by atoms with Gasteiger partial charge in [0.15, 0.2) is 0 Å². The normalized spacial score (nSPS) is 20.6. The second kappa shape index (κ2) is 6.35. The van der Waals surface area contributed by atoms with Crippen LogP contribution in [0.15, 0.2) is 18.2 Å². The van der Waals surface area contributed by atoms with Crippen LogP contribution in [0, 0.1) is 12.3 Å². The third-order valence-electron chi connectivity index (χ3n) is 4.45. The summed E-state index contributed by atoms with van der Waals surface area (Å²) in [6, 6.07) is 5.20. The van der Waals surface area contributed by atoms with Gasteiger partial charge in [-0.3, -0.25) is 4.79 Å². The van der Waals surface area contributed by atoms with Crippen LogP contribution < -0.4 is 5.73 Å². The molecule has 1 aliphatic rings. The Labute approximate surface area is 150 Å². The quantitative estimate of drug-likeness (QED) is 0.904. The van der Waals surface area contributed by atoms with E-state index in [-0.39, 0.29) is 17.1 Å². The molecule has 1 aliphatic heterocycles. The van der Waals surface area contributed by atoms with E-state index < -0.39 is 0 Å². The van der Waals surface area contributed by atoms with E-state index in [9.17, 15) is 4.79 Å². The van der Waals surface area contributed by atoms with Crippen LogP contribution in [0.4, 0.5) is 0 Å². The predicted molar refractivity (Wildman–Crippen MR) is 93.8 cm³/mol. The molecule has 0 aliphatic carbocycles. The molecule has 2 aromatic rings. The number of para-hydroxylation sites is 1. The monoisotopic (exact) mass is 367 g/mol. The Morgan fingerprint density at radius 2 is 2.04 bits per heavy atom. The average molecular weight is 368 g/mol. The maximum absolute atomic E-state index is 12.7. The number of amides is 1. The lowest BCUT2D eigenvalue weighted by molar-refractivity contribution is 0.0765. The standard InChI is InChI=1S/C16H19Cl2N5O/c1-10-20-14(15(24)22-7-6-16(2,8-19)9-22)21-23(10)13-11(17)4-3-5-12(13)18/h3-5H,6-9,19H2,1-2H3. The van der Waals surface area contributed by atoms with Crippen LogP contribution in [-0.4, -0.2) is 45.2 Å². The van der Waals surface area contributed by atoms with Gasteiger partial charge in [-0.25, -0.2) is 9.67 Å². The van der Waals surface area contributed by atoms with Gasteiger partial charge >= 0.3 is 0 Å². The number of aryl methyl sites for hydroxylation is 1. The first-order valence-electron chi connectivity index (χ1n) is 7.72. The average Bonchev–Trinajstić information content (AvgIpc) is 3.11. The van der Waals surface area contributed by atoms with Crippen molar-refractivity contribution in [1.82, 2.24) is 19.7 Å². The number of carbonyl (C=O) groups is 1. The zero-order valence-corrected chi connectivity index (χ0v) is 15.1. The first kappa shape index (κ1) is 17.2. The fourth-order valence-corrected chi connectivity index (χ4v) is 3.45. The van der Waals surface area contributed by atoms with Gasteiger partial charge in [-0.05, 0) is 37.4 Å². The number of carbonyl (C=O) groups excluding carboxylic acids is 1. The lowest BCUT2D eigenvalue weighted by Crippen LogP contribution is -2.35. The molecule has 1 amide bonds. The smallest absolute Gasteiger partial charge is 0.293 e. The third-order valence-corrected chi connectivity index (χ3v) is 5.06. The first-order chi connectivity index (χ1) is 11.3. The van der Waals surface area contributed by atoms with Gasteiger partial charge in [-0.15, -0.1) is 5.10 Å². The molecule has 3 rings (SSSR count). The third kappa shape index (κ3) is 3.01. The Morgan fingerprint density at radius 1 is 1.38 bits per heavy atom. The molecule has 2 N–H and O–H groups in total. The molecule has 1 unspecified atom stereocenters. The van der Waals surface area contributed by atoms with Crippen LogP contribution >= 0.6 is 23.2 Å². The van der Waals surface area contributed by atoms with Gasteiger partial charge < -0.3 is 10.6 Å². The summed E-state index contributed by atoms with van der Waals surface area (Å²) in [6.07, 6.45) is 0.880. The number of benzene rings is 1. The molecule has 24 heavy (non-hydrogen) atoms. The highest BCUT2D eigenvalue weighted by molar-refractivity contribution is 6.37. The number of rotatable bonds is 3. The molecule has 1 saturated heterocycles. The summed E-state index contributed by atoms with van der Waals surface area (Å²) in [5.41, 5.74) is 6.29. The topological polar surface area (TPSA) is 77.0 Å².